The number of rotatable bonds is 2. The number of hydrogen-bond acceptors (Lipinski definition) is 2. The third kappa shape index (κ3) is 2.89. The van der Waals surface area contributed by atoms with E-state index in [9.17, 15) is 0 Å². The van der Waals surface area contributed by atoms with Gasteiger partial charge in [-0.15, -0.1) is 0 Å². The van der Waals surface area contributed by atoms with E-state index in [0.29, 0.717) is 23.3 Å². The molecule has 0 radical (unpaired) electrons. The number of benzene rings is 2. The van der Waals surface area contributed by atoms with E-state index in [1.807, 2.05) is 36.4 Å². The van der Waals surface area contributed by atoms with Crippen LogP contribution in [-0.4, -0.2) is 13.2 Å². The summed E-state index contributed by atoms with van der Waals surface area (Å²) in [7, 11) is 0. The van der Waals surface area contributed by atoms with Crippen molar-refractivity contribution in [1.29, 1.82) is 0 Å². The quantitative estimate of drug-likeness (QED) is 0.743. The van der Waals surface area contributed by atoms with Crippen LogP contribution in [0.4, 0.5) is 0 Å². The molecule has 0 unspecified atom stereocenters. The van der Waals surface area contributed by atoms with Crippen molar-refractivity contribution in [2.75, 3.05) is 13.2 Å². The summed E-state index contributed by atoms with van der Waals surface area (Å²) >= 11 is 12.5. The predicted molar refractivity (Wildman–Crippen MR) is 89.4 cm³/mol. The lowest BCUT2D eigenvalue weighted by molar-refractivity contribution is -0.284. The Morgan fingerprint density at radius 1 is 0.909 bits per heavy atom. The first-order valence-electron chi connectivity index (χ1n) is 7.22. The van der Waals surface area contributed by atoms with Gasteiger partial charge in [-0.1, -0.05) is 73.4 Å². The molecule has 1 aliphatic rings. The molecule has 0 amide bonds. The summed E-state index contributed by atoms with van der Waals surface area (Å²) < 4.78 is 12.4. The first kappa shape index (κ1) is 15.8. The molecule has 1 fully saturated rings. The molecule has 1 aliphatic heterocycles. The lowest BCUT2D eigenvalue weighted by atomic mass is 9.90. The summed E-state index contributed by atoms with van der Waals surface area (Å²) in [5, 5.41) is 1.13. The molecular formula is C18H18Cl2O2. The van der Waals surface area contributed by atoms with E-state index >= 15 is 0 Å². The largest absolute Gasteiger partial charge is 0.341 e. The standard InChI is InChI=1S/C18H18Cl2O2/c1-17(2)11-21-18(22-12-17,13-6-4-3-5-7-13)15-9-8-14(19)10-16(15)20/h3-10H,11-12H2,1-2H3. The summed E-state index contributed by atoms with van der Waals surface area (Å²) in [6, 6.07) is 15.3. The summed E-state index contributed by atoms with van der Waals surface area (Å²) in [5.41, 5.74) is 1.67. The molecule has 0 bridgehead atoms. The molecule has 116 valence electrons. The Kier molecular flexibility index (Phi) is 4.21. The van der Waals surface area contributed by atoms with E-state index in [0.717, 1.165) is 11.1 Å². The summed E-state index contributed by atoms with van der Waals surface area (Å²) in [6.07, 6.45) is 0. The fourth-order valence-corrected chi connectivity index (χ4v) is 3.10. The van der Waals surface area contributed by atoms with Crippen molar-refractivity contribution in [3.63, 3.8) is 0 Å². The highest BCUT2D eigenvalue weighted by molar-refractivity contribution is 6.35. The van der Waals surface area contributed by atoms with E-state index in [-0.39, 0.29) is 5.41 Å². The SMILES string of the molecule is CC1(C)COC(c2ccccc2)(c2ccc(Cl)cc2Cl)OC1. The van der Waals surface area contributed by atoms with E-state index < -0.39 is 5.79 Å². The maximum Gasteiger partial charge on any atom is 0.223 e. The van der Waals surface area contributed by atoms with Crippen LogP contribution in [0.3, 0.4) is 0 Å². The molecule has 3 rings (SSSR count). The molecule has 2 nitrogen and oxygen atoms in total. The van der Waals surface area contributed by atoms with E-state index in [4.69, 9.17) is 32.7 Å². The van der Waals surface area contributed by atoms with Crippen molar-refractivity contribution in [2.24, 2.45) is 5.41 Å². The zero-order valence-corrected chi connectivity index (χ0v) is 14.1. The normalized spacial score (nSPS) is 19.8. The third-order valence-electron chi connectivity index (χ3n) is 3.77. The predicted octanol–water partition coefficient (Wildman–Crippen LogP) is 5.27. The van der Waals surface area contributed by atoms with Gasteiger partial charge in [0.2, 0.25) is 5.79 Å². The number of ether oxygens (including phenoxy) is 2. The van der Waals surface area contributed by atoms with Crippen LogP contribution < -0.4 is 0 Å². The Hall–Kier alpha value is -1.06. The van der Waals surface area contributed by atoms with E-state index in [1.54, 1.807) is 12.1 Å². The fourth-order valence-electron chi connectivity index (χ4n) is 2.57. The molecule has 1 saturated heterocycles. The van der Waals surface area contributed by atoms with E-state index in [2.05, 4.69) is 13.8 Å². The Morgan fingerprint density at radius 2 is 1.55 bits per heavy atom. The maximum atomic E-state index is 6.43. The zero-order valence-electron chi connectivity index (χ0n) is 12.6. The minimum absolute atomic E-state index is 0.0306. The monoisotopic (exact) mass is 336 g/mol. The fraction of sp³-hybridized carbons (Fsp3) is 0.333. The van der Waals surface area contributed by atoms with Gasteiger partial charge < -0.3 is 9.47 Å². The van der Waals surface area contributed by atoms with Gasteiger partial charge in [0.05, 0.1) is 18.2 Å². The molecule has 0 aliphatic carbocycles. The first-order valence-corrected chi connectivity index (χ1v) is 7.98. The zero-order chi connectivity index (χ0) is 15.8. The summed E-state index contributed by atoms with van der Waals surface area (Å²) in [6.45, 7) is 5.40. The van der Waals surface area contributed by atoms with Crippen LogP contribution in [0.25, 0.3) is 0 Å². The molecule has 0 spiro atoms. The van der Waals surface area contributed by atoms with Crippen LogP contribution in [0.1, 0.15) is 25.0 Å². The van der Waals surface area contributed by atoms with Gasteiger partial charge >= 0.3 is 0 Å². The van der Waals surface area contributed by atoms with Crippen LogP contribution in [-0.2, 0) is 15.3 Å². The van der Waals surface area contributed by atoms with Crippen molar-refractivity contribution >= 4 is 23.2 Å². The lowest BCUT2D eigenvalue weighted by Gasteiger charge is -2.44. The van der Waals surface area contributed by atoms with Gasteiger partial charge in [0.15, 0.2) is 0 Å². The van der Waals surface area contributed by atoms with Gasteiger partial charge in [-0.25, -0.2) is 0 Å². The van der Waals surface area contributed by atoms with Crippen LogP contribution in [0.2, 0.25) is 10.0 Å². The van der Waals surface area contributed by atoms with Crippen LogP contribution in [0, 0.1) is 5.41 Å². The second-order valence-corrected chi connectivity index (χ2v) is 7.19. The molecular weight excluding hydrogens is 319 g/mol. The van der Waals surface area contributed by atoms with Gasteiger partial charge in [0, 0.05) is 21.6 Å². The number of hydrogen-bond donors (Lipinski definition) is 0. The lowest BCUT2D eigenvalue weighted by Crippen LogP contribution is -2.46. The second-order valence-electron chi connectivity index (χ2n) is 6.35. The minimum Gasteiger partial charge on any atom is -0.341 e. The molecule has 0 atom stereocenters. The van der Waals surface area contributed by atoms with E-state index in [1.165, 1.54) is 0 Å². The molecule has 4 heteroatoms. The molecule has 0 N–H and O–H groups in total. The Labute approximate surface area is 141 Å². The van der Waals surface area contributed by atoms with Crippen molar-refractivity contribution in [1.82, 2.24) is 0 Å². The summed E-state index contributed by atoms with van der Waals surface area (Å²) in [4.78, 5) is 0. The first-order chi connectivity index (χ1) is 10.4. The van der Waals surface area contributed by atoms with Gasteiger partial charge in [-0.05, 0) is 12.1 Å². The molecule has 0 saturated carbocycles. The Bertz CT molecular complexity index is 658. The van der Waals surface area contributed by atoms with Crippen molar-refractivity contribution in [2.45, 2.75) is 19.6 Å². The molecule has 1 heterocycles. The Morgan fingerprint density at radius 3 is 2.14 bits per heavy atom. The van der Waals surface area contributed by atoms with Gasteiger partial charge in [0.1, 0.15) is 0 Å². The van der Waals surface area contributed by atoms with Gasteiger partial charge in [0.25, 0.3) is 0 Å². The highest BCUT2D eigenvalue weighted by Crippen LogP contribution is 2.44. The van der Waals surface area contributed by atoms with Gasteiger partial charge in [-0.3, -0.25) is 0 Å². The second kappa shape index (κ2) is 5.86. The number of halogens is 2. The molecule has 0 aromatic heterocycles. The highest BCUT2D eigenvalue weighted by atomic mass is 35.5. The van der Waals surface area contributed by atoms with Crippen LogP contribution in [0.5, 0.6) is 0 Å². The minimum atomic E-state index is -0.988. The third-order valence-corrected chi connectivity index (χ3v) is 4.32. The van der Waals surface area contributed by atoms with Crippen LogP contribution in [0.15, 0.2) is 48.5 Å². The van der Waals surface area contributed by atoms with Crippen molar-refractivity contribution < 1.29 is 9.47 Å². The average molecular weight is 337 g/mol. The molecule has 2 aromatic rings. The Balaban J connectivity index is 2.12. The topological polar surface area (TPSA) is 18.5 Å². The van der Waals surface area contributed by atoms with Crippen molar-refractivity contribution in [3.8, 4) is 0 Å². The molecule has 22 heavy (non-hydrogen) atoms. The average Bonchev–Trinajstić information content (AvgIpc) is 2.49. The van der Waals surface area contributed by atoms with Crippen molar-refractivity contribution in [3.05, 3.63) is 69.7 Å². The highest BCUT2D eigenvalue weighted by Gasteiger charge is 2.44. The summed E-state index contributed by atoms with van der Waals surface area (Å²) in [5.74, 6) is -0.988. The maximum absolute atomic E-state index is 6.43. The van der Waals surface area contributed by atoms with Gasteiger partial charge in [-0.2, -0.15) is 0 Å². The smallest absolute Gasteiger partial charge is 0.223 e. The van der Waals surface area contributed by atoms with Crippen LogP contribution >= 0.6 is 23.2 Å². The molecule has 2 aromatic carbocycles.